The second-order valence-electron chi connectivity index (χ2n) is 8.50. The fourth-order valence-corrected chi connectivity index (χ4v) is 4.89. The number of carbonyl (C=O) groups is 2. The molecule has 0 heterocycles. The lowest BCUT2D eigenvalue weighted by Gasteiger charge is -2.34. The SMILES string of the molecule is CC(C)NC(=O)C1CCCC(NC(=O)C2(c3cccc(Cl)c3)CCCC2)C1. The highest BCUT2D eigenvalue weighted by Gasteiger charge is 2.43. The zero-order chi connectivity index (χ0) is 19.4. The molecule has 5 heteroatoms. The first-order valence-electron chi connectivity index (χ1n) is 10.3. The lowest BCUT2D eigenvalue weighted by Crippen LogP contribution is -2.49. The van der Waals surface area contributed by atoms with Gasteiger partial charge in [-0.2, -0.15) is 0 Å². The maximum atomic E-state index is 13.3. The molecule has 2 aliphatic carbocycles. The number of benzene rings is 1. The van der Waals surface area contributed by atoms with Crippen LogP contribution in [0.1, 0.15) is 70.8 Å². The van der Waals surface area contributed by atoms with E-state index in [1.165, 1.54) is 0 Å². The van der Waals surface area contributed by atoms with Gasteiger partial charge in [0.1, 0.15) is 0 Å². The molecular formula is C22H31ClN2O2. The van der Waals surface area contributed by atoms with E-state index >= 15 is 0 Å². The van der Waals surface area contributed by atoms with Gasteiger partial charge in [-0.3, -0.25) is 9.59 Å². The smallest absolute Gasteiger partial charge is 0.230 e. The van der Waals surface area contributed by atoms with E-state index in [1.807, 2.05) is 38.1 Å². The van der Waals surface area contributed by atoms with Gasteiger partial charge in [0.15, 0.2) is 0 Å². The van der Waals surface area contributed by atoms with Crippen molar-refractivity contribution in [2.75, 3.05) is 0 Å². The van der Waals surface area contributed by atoms with Crippen LogP contribution in [0.5, 0.6) is 0 Å². The van der Waals surface area contributed by atoms with E-state index in [0.29, 0.717) is 5.02 Å². The van der Waals surface area contributed by atoms with Crippen molar-refractivity contribution in [3.63, 3.8) is 0 Å². The van der Waals surface area contributed by atoms with Crippen molar-refractivity contribution in [3.05, 3.63) is 34.9 Å². The van der Waals surface area contributed by atoms with Crippen LogP contribution in [0, 0.1) is 5.92 Å². The van der Waals surface area contributed by atoms with Gasteiger partial charge in [-0.05, 0) is 63.6 Å². The summed E-state index contributed by atoms with van der Waals surface area (Å²) in [5.74, 6) is 0.226. The number of hydrogen-bond acceptors (Lipinski definition) is 2. The first kappa shape index (κ1) is 20.2. The van der Waals surface area contributed by atoms with Crippen LogP contribution in [0.25, 0.3) is 0 Å². The minimum atomic E-state index is -0.474. The van der Waals surface area contributed by atoms with Gasteiger partial charge < -0.3 is 10.6 Å². The maximum absolute atomic E-state index is 13.3. The summed E-state index contributed by atoms with van der Waals surface area (Å²) in [6, 6.07) is 7.97. The molecule has 2 fully saturated rings. The molecule has 0 aromatic heterocycles. The number of halogens is 1. The van der Waals surface area contributed by atoms with Gasteiger partial charge >= 0.3 is 0 Å². The molecule has 0 bridgehead atoms. The largest absolute Gasteiger partial charge is 0.354 e. The standard InChI is InChI=1S/C22H31ClN2O2/c1-15(2)24-20(26)16-7-5-10-19(13-16)25-21(27)22(11-3-4-12-22)17-8-6-9-18(23)14-17/h6,8-9,14-16,19H,3-5,7,10-13H2,1-2H3,(H,24,26)(H,25,27). The predicted molar refractivity (Wildman–Crippen MR) is 109 cm³/mol. The Morgan fingerprint density at radius 1 is 1.15 bits per heavy atom. The van der Waals surface area contributed by atoms with Crippen LogP contribution in [0.2, 0.25) is 5.02 Å². The van der Waals surface area contributed by atoms with Gasteiger partial charge in [-0.1, -0.05) is 43.0 Å². The monoisotopic (exact) mass is 390 g/mol. The fraction of sp³-hybridized carbons (Fsp3) is 0.636. The Hall–Kier alpha value is -1.55. The Balaban J connectivity index is 1.70. The van der Waals surface area contributed by atoms with Crippen LogP contribution in [-0.4, -0.2) is 23.9 Å². The van der Waals surface area contributed by atoms with E-state index in [4.69, 9.17) is 11.6 Å². The van der Waals surface area contributed by atoms with Crippen LogP contribution in [0.4, 0.5) is 0 Å². The normalized spacial score (nSPS) is 24.6. The molecular weight excluding hydrogens is 360 g/mol. The zero-order valence-electron chi connectivity index (χ0n) is 16.4. The highest BCUT2D eigenvalue weighted by molar-refractivity contribution is 6.30. The topological polar surface area (TPSA) is 58.2 Å². The molecule has 3 rings (SSSR count). The average molecular weight is 391 g/mol. The van der Waals surface area contributed by atoms with Crippen LogP contribution in [0.15, 0.2) is 24.3 Å². The summed E-state index contributed by atoms with van der Waals surface area (Å²) in [6.45, 7) is 3.96. The molecule has 27 heavy (non-hydrogen) atoms. The molecule has 0 spiro atoms. The van der Waals surface area contributed by atoms with Gasteiger partial charge in [-0.15, -0.1) is 0 Å². The van der Waals surface area contributed by atoms with E-state index < -0.39 is 5.41 Å². The Morgan fingerprint density at radius 2 is 1.89 bits per heavy atom. The van der Waals surface area contributed by atoms with E-state index in [1.54, 1.807) is 0 Å². The minimum Gasteiger partial charge on any atom is -0.354 e. The Morgan fingerprint density at radius 3 is 2.56 bits per heavy atom. The summed E-state index contributed by atoms with van der Waals surface area (Å²) in [6.07, 6.45) is 7.41. The number of carbonyl (C=O) groups excluding carboxylic acids is 2. The van der Waals surface area contributed by atoms with Gasteiger partial charge in [0, 0.05) is 23.0 Å². The minimum absolute atomic E-state index is 0.00264. The van der Waals surface area contributed by atoms with Gasteiger partial charge in [0.25, 0.3) is 0 Å². The fourth-order valence-electron chi connectivity index (χ4n) is 4.70. The lowest BCUT2D eigenvalue weighted by atomic mass is 9.77. The third kappa shape index (κ3) is 4.66. The number of amides is 2. The second kappa shape index (κ2) is 8.64. The average Bonchev–Trinajstić information content (AvgIpc) is 3.12. The highest BCUT2D eigenvalue weighted by Crippen LogP contribution is 2.42. The molecule has 2 aliphatic rings. The summed E-state index contributed by atoms with van der Waals surface area (Å²) in [7, 11) is 0. The highest BCUT2D eigenvalue weighted by atomic mass is 35.5. The number of hydrogen-bond donors (Lipinski definition) is 2. The molecule has 2 atom stereocenters. The summed E-state index contributed by atoms with van der Waals surface area (Å²) < 4.78 is 0. The molecule has 2 amide bonds. The Kier molecular flexibility index (Phi) is 6.46. The molecule has 4 nitrogen and oxygen atoms in total. The van der Waals surface area contributed by atoms with E-state index in [2.05, 4.69) is 10.6 Å². The van der Waals surface area contributed by atoms with Gasteiger partial charge in [-0.25, -0.2) is 0 Å². The van der Waals surface area contributed by atoms with Crippen molar-refractivity contribution in [2.24, 2.45) is 5.92 Å². The van der Waals surface area contributed by atoms with Crippen molar-refractivity contribution < 1.29 is 9.59 Å². The van der Waals surface area contributed by atoms with Gasteiger partial charge in [0.2, 0.25) is 11.8 Å². The summed E-state index contributed by atoms with van der Waals surface area (Å²) in [5.41, 5.74) is 0.549. The number of nitrogens with one attached hydrogen (secondary N) is 2. The molecule has 0 radical (unpaired) electrons. The lowest BCUT2D eigenvalue weighted by molar-refractivity contribution is -0.130. The van der Waals surface area contributed by atoms with E-state index in [9.17, 15) is 9.59 Å². The molecule has 0 aliphatic heterocycles. The quantitative estimate of drug-likeness (QED) is 0.785. The first-order valence-corrected chi connectivity index (χ1v) is 10.7. The second-order valence-corrected chi connectivity index (χ2v) is 8.93. The Labute approximate surface area is 167 Å². The van der Waals surface area contributed by atoms with Crippen LogP contribution >= 0.6 is 11.6 Å². The van der Waals surface area contributed by atoms with E-state index in [0.717, 1.165) is 56.9 Å². The Bertz CT molecular complexity index is 683. The van der Waals surface area contributed by atoms with Crippen LogP contribution in [0.3, 0.4) is 0 Å². The molecule has 2 N–H and O–H groups in total. The third-order valence-corrected chi connectivity index (χ3v) is 6.32. The van der Waals surface area contributed by atoms with Crippen molar-refractivity contribution in [1.29, 1.82) is 0 Å². The molecule has 0 saturated heterocycles. The molecule has 1 aromatic rings. The predicted octanol–water partition coefficient (Wildman–Crippen LogP) is 4.35. The number of rotatable bonds is 5. The van der Waals surface area contributed by atoms with Gasteiger partial charge in [0.05, 0.1) is 5.41 Å². The van der Waals surface area contributed by atoms with Crippen LogP contribution in [-0.2, 0) is 15.0 Å². The molecule has 1 aromatic carbocycles. The summed E-state index contributed by atoms with van der Waals surface area (Å²) in [5, 5.41) is 6.99. The van der Waals surface area contributed by atoms with Crippen molar-refractivity contribution in [3.8, 4) is 0 Å². The molecule has 2 unspecified atom stereocenters. The van der Waals surface area contributed by atoms with E-state index in [-0.39, 0.29) is 29.8 Å². The molecule has 2 saturated carbocycles. The maximum Gasteiger partial charge on any atom is 0.230 e. The third-order valence-electron chi connectivity index (χ3n) is 6.08. The van der Waals surface area contributed by atoms with Crippen molar-refractivity contribution in [2.45, 2.75) is 82.7 Å². The summed E-state index contributed by atoms with van der Waals surface area (Å²) >= 11 is 6.20. The van der Waals surface area contributed by atoms with Crippen LogP contribution < -0.4 is 10.6 Å². The molecule has 148 valence electrons. The summed E-state index contributed by atoms with van der Waals surface area (Å²) in [4.78, 5) is 25.7. The first-order chi connectivity index (χ1) is 12.9. The van der Waals surface area contributed by atoms with Crippen molar-refractivity contribution in [1.82, 2.24) is 10.6 Å². The zero-order valence-corrected chi connectivity index (χ0v) is 17.1. The van der Waals surface area contributed by atoms with Crippen molar-refractivity contribution >= 4 is 23.4 Å².